The first-order valence-corrected chi connectivity index (χ1v) is 7.94. The second-order valence-corrected chi connectivity index (χ2v) is 5.86. The van der Waals surface area contributed by atoms with E-state index >= 15 is 0 Å². The molecule has 0 aliphatic carbocycles. The SMILES string of the molecule is COC(c1ccc(Cl)cc1)C(C)NC(=O)CCc1cccnc1. The minimum absolute atomic E-state index is 0.00244. The summed E-state index contributed by atoms with van der Waals surface area (Å²) in [6.45, 7) is 1.94. The summed E-state index contributed by atoms with van der Waals surface area (Å²) in [6.07, 6.45) is 4.39. The van der Waals surface area contributed by atoms with Crippen LogP contribution in [0.3, 0.4) is 0 Å². The van der Waals surface area contributed by atoms with E-state index < -0.39 is 0 Å². The maximum atomic E-state index is 12.1. The monoisotopic (exact) mass is 332 g/mol. The molecule has 2 aromatic rings. The lowest BCUT2D eigenvalue weighted by atomic mass is 10.0. The number of hydrogen-bond donors (Lipinski definition) is 1. The molecule has 0 aliphatic rings. The first kappa shape index (κ1) is 17.4. The van der Waals surface area contributed by atoms with E-state index in [4.69, 9.17) is 16.3 Å². The van der Waals surface area contributed by atoms with Crippen molar-refractivity contribution in [2.75, 3.05) is 7.11 Å². The van der Waals surface area contributed by atoms with Crippen molar-refractivity contribution in [3.05, 3.63) is 64.9 Å². The first-order chi connectivity index (χ1) is 11.1. The fourth-order valence-corrected chi connectivity index (χ4v) is 2.61. The van der Waals surface area contributed by atoms with Crippen LogP contribution in [0.15, 0.2) is 48.8 Å². The molecular weight excluding hydrogens is 312 g/mol. The number of methoxy groups -OCH3 is 1. The van der Waals surface area contributed by atoms with Crippen LogP contribution in [-0.4, -0.2) is 24.0 Å². The van der Waals surface area contributed by atoms with E-state index in [-0.39, 0.29) is 18.1 Å². The summed E-state index contributed by atoms with van der Waals surface area (Å²) in [5, 5.41) is 3.67. The Labute approximate surface area is 141 Å². The lowest BCUT2D eigenvalue weighted by Gasteiger charge is -2.24. The van der Waals surface area contributed by atoms with Crippen LogP contribution in [0.4, 0.5) is 0 Å². The number of nitrogens with one attached hydrogen (secondary N) is 1. The molecule has 0 radical (unpaired) electrons. The van der Waals surface area contributed by atoms with Crippen LogP contribution in [0, 0.1) is 0 Å². The summed E-state index contributed by atoms with van der Waals surface area (Å²) in [6, 6.07) is 11.2. The molecule has 4 nitrogen and oxygen atoms in total. The van der Waals surface area contributed by atoms with Gasteiger partial charge in [0.2, 0.25) is 5.91 Å². The molecule has 0 aliphatic heterocycles. The van der Waals surface area contributed by atoms with Crippen molar-refractivity contribution in [3.63, 3.8) is 0 Å². The van der Waals surface area contributed by atoms with Gasteiger partial charge in [0.1, 0.15) is 6.10 Å². The summed E-state index contributed by atoms with van der Waals surface area (Å²) in [5.41, 5.74) is 2.04. The molecule has 0 saturated carbocycles. The molecule has 2 unspecified atom stereocenters. The van der Waals surface area contributed by atoms with Gasteiger partial charge in [-0.25, -0.2) is 0 Å². The number of ether oxygens (including phenoxy) is 1. The minimum atomic E-state index is -0.213. The number of carbonyl (C=O) groups excluding carboxylic acids is 1. The highest BCUT2D eigenvalue weighted by Crippen LogP contribution is 2.22. The van der Waals surface area contributed by atoms with Crippen molar-refractivity contribution in [1.82, 2.24) is 10.3 Å². The molecule has 0 spiro atoms. The molecular formula is C18H21ClN2O2. The van der Waals surface area contributed by atoms with Crippen molar-refractivity contribution < 1.29 is 9.53 Å². The summed E-state index contributed by atoms with van der Waals surface area (Å²) in [4.78, 5) is 16.2. The van der Waals surface area contributed by atoms with Gasteiger partial charge < -0.3 is 10.1 Å². The van der Waals surface area contributed by atoms with Crippen LogP contribution in [0.2, 0.25) is 5.02 Å². The van der Waals surface area contributed by atoms with Crippen LogP contribution in [0.25, 0.3) is 0 Å². The molecule has 1 aromatic heterocycles. The van der Waals surface area contributed by atoms with Crippen LogP contribution < -0.4 is 5.32 Å². The molecule has 0 saturated heterocycles. The zero-order chi connectivity index (χ0) is 16.7. The molecule has 1 aromatic carbocycles. The Bertz CT molecular complexity index is 617. The van der Waals surface area contributed by atoms with E-state index in [1.54, 1.807) is 19.5 Å². The number of benzene rings is 1. The number of aromatic nitrogens is 1. The molecule has 0 bridgehead atoms. The smallest absolute Gasteiger partial charge is 0.220 e. The van der Waals surface area contributed by atoms with E-state index in [0.29, 0.717) is 17.9 Å². The molecule has 1 heterocycles. The van der Waals surface area contributed by atoms with Gasteiger partial charge in [-0.3, -0.25) is 9.78 Å². The summed E-state index contributed by atoms with van der Waals surface area (Å²) in [7, 11) is 1.64. The molecule has 23 heavy (non-hydrogen) atoms. The van der Waals surface area contributed by atoms with Gasteiger partial charge in [-0.1, -0.05) is 29.8 Å². The number of rotatable bonds is 7. The Hall–Kier alpha value is -1.91. The predicted octanol–water partition coefficient (Wildman–Crippen LogP) is 3.56. The second kappa shape index (κ2) is 8.65. The van der Waals surface area contributed by atoms with Crippen LogP contribution in [-0.2, 0) is 16.0 Å². The van der Waals surface area contributed by atoms with Crippen molar-refractivity contribution in [2.24, 2.45) is 0 Å². The van der Waals surface area contributed by atoms with Gasteiger partial charge in [0.25, 0.3) is 0 Å². The topological polar surface area (TPSA) is 51.2 Å². The summed E-state index contributed by atoms with van der Waals surface area (Å²) >= 11 is 5.91. The fraction of sp³-hybridized carbons (Fsp3) is 0.333. The van der Waals surface area contributed by atoms with Crippen molar-refractivity contribution in [3.8, 4) is 0 Å². The maximum Gasteiger partial charge on any atom is 0.220 e. The Kier molecular flexibility index (Phi) is 6.56. The van der Waals surface area contributed by atoms with E-state index in [1.807, 2.05) is 43.3 Å². The van der Waals surface area contributed by atoms with Gasteiger partial charge in [0.05, 0.1) is 6.04 Å². The van der Waals surface area contributed by atoms with Gasteiger partial charge in [-0.2, -0.15) is 0 Å². The van der Waals surface area contributed by atoms with Gasteiger partial charge in [-0.05, 0) is 42.7 Å². The number of hydrogen-bond acceptors (Lipinski definition) is 3. The number of nitrogens with zero attached hydrogens (tertiary/aromatic N) is 1. The molecule has 1 amide bonds. The zero-order valence-electron chi connectivity index (χ0n) is 13.3. The maximum absolute atomic E-state index is 12.1. The first-order valence-electron chi connectivity index (χ1n) is 7.56. The lowest BCUT2D eigenvalue weighted by Crippen LogP contribution is -2.37. The number of pyridine rings is 1. The Balaban J connectivity index is 1.89. The van der Waals surface area contributed by atoms with Crippen LogP contribution in [0.5, 0.6) is 0 Å². The number of amides is 1. The standard InChI is InChI=1S/C18H21ClN2O2/c1-13(18(23-2)15-6-8-16(19)9-7-15)21-17(22)10-5-14-4-3-11-20-12-14/h3-4,6-9,11-13,18H,5,10H2,1-2H3,(H,21,22). The third-order valence-electron chi connectivity index (χ3n) is 3.66. The van der Waals surface area contributed by atoms with Crippen molar-refractivity contribution in [2.45, 2.75) is 31.9 Å². The molecule has 122 valence electrons. The Morgan fingerprint density at radius 2 is 2.04 bits per heavy atom. The van der Waals surface area contributed by atoms with Crippen molar-refractivity contribution >= 4 is 17.5 Å². The van der Waals surface area contributed by atoms with Crippen molar-refractivity contribution in [1.29, 1.82) is 0 Å². The van der Waals surface area contributed by atoms with E-state index in [2.05, 4.69) is 10.3 Å². The van der Waals surface area contributed by atoms with Gasteiger partial charge in [0, 0.05) is 30.9 Å². The van der Waals surface area contributed by atoms with E-state index in [0.717, 1.165) is 11.1 Å². The summed E-state index contributed by atoms with van der Waals surface area (Å²) < 4.78 is 5.53. The van der Waals surface area contributed by atoms with Crippen LogP contribution in [0.1, 0.15) is 30.6 Å². The Morgan fingerprint density at radius 1 is 1.30 bits per heavy atom. The van der Waals surface area contributed by atoms with E-state index in [1.165, 1.54) is 0 Å². The summed E-state index contributed by atoms with van der Waals surface area (Å²) in [5.74, 6) is -0.00244. The third kappa shape index (κ3) is 5.34. The number of carbonyl (C=O) groups is 1. The van der Waals surface area contributed by atoms with Gasteiger partial charge >= 0.3 is 0 Å². The van der Waals surface area contributed by atoms with E-state index in [9.17, 15) is 4.79 Å². The average Bonchev–Trinajstić information content (AvgIpc) is 2.56. The number of halogens is 1. The Morgan fingerprint density at radius 3 is 2.65 bits per heavy atom. The largest absolute Gasteiger partial charge is 0.375 e. The number of aryl methyl sites for hydroxylation is 1. The lowest BCUT2D eigenvalue weighted by molar-refractivity contribution is -0.122. The molecule has 5 heteroatoms. The quantitative estimate of drug-likeness (QED) is 0.843. The third-order valence-corrected chi connectivity index (χ3v) is 3.91. The van der Waals surface area contributed by atoms with Crippen LogP contribution >= 0.6 is 11.6 Å². The average molecular weight is 333 g/mol. The minimum Gasteiger partial charge on any atom is -0.375 e. The molecule has 2 rings (SSSR count). The highest BCUT2D eigenvalue weighted by molar-refractivity contribution is 6.30. The van der Waals surface area contributed by atoms with Gasteiger partial charge in [0.15, 0.2) is 0 Å². The zero-order valence-corrected chi connectivity index (χ0v) is 14.1. The highest BCUT2D eigenvalue weighted by Gasteiger charge is 2.20. The second-order valence-electron chi connectivity index (χ2n) is 5.43. The predicted molar refractivity (Wildman–Crippen MR) is 91.4 cm³/mol. The molecule has 0 fully saturated rings. The normalized spacial score (nSPS) is 13.3. The van der Waals surface area contributed by atoms with Gasteiger partial charge in [-0.15, -0.1) is 0 Å². The molecule has 2 atom stereocenters. The molecule has 1 N–H and O–H groups in total. The fourth-order valence-electron chi connectivity index (χ4n) is 2.49. The highest BCUT2D eigenvalue weighted by atomic mass is 35.5.